The van der Waals surface area contributed by atoms with Gasteiger partial charge in [-0.1, -0.05) is 23.7 Å². The zero-order chi connectivity index (χ0) is 24.8. The summed E-state index contributed by atoms with van der Waals surface area (Å²) in [4.78, 5) is 37.8. The number of carbonyl (C=O) groups excluding carboxylic acids is 3. The number of amides is 2. The first-order valence-electron chi connectivity index (χ1n) is 10.5. The summed E-state index contributed by atoms with van der Waals surface area (Å²) in [5, 5.41) is -0.327. The number of benzene rings is 2. The maximum atomic E-state index is 13.1. The third-order valence-corrected chi connectivity index (χ3v) is 5.64. The van der Waals surface area contributed by atoms with E-state index in [4.69, 9.17) is 25.8 Å². The van der Waals surface area contributed by atoms with E-state index in [0.29, 0.717) is 23.7 Å². The maximum absolute atomic E-state index is 13.1. The molecule has 0 bridgehead atoms. The molecule has 0 N–H and O–H groups in total. The Labute approximate surface area is 205 Å². The predicted molar refractivity (Wildman–Crippen MR) is 127 cm³/mol. The van der Waals surface area contributed by atoms with Gasteiger partial charge in [0, 0.05) is 0 Å². The van der Waals surface area contributed by atoms with Crippen LogP contribution in [0.4, 0.5) is 9.18 Å². The average Bonchev–Trinajstić information content (AvgIpc) is 3.01. The third kappa shape index (κ3) is 6.51. The number of halogens is 2. The quantitative estimate of drug-likeness (QED) is 0.330. The Balaban J connectivity index is 1.80. The van der Waals surface area contributed by atoms with Gasteiger partial charge in [0.05, 0.1) is 22.6 Å². The number of imide groups is 1. The van der Waals surface area contributed by atoms with E-state index in [1.165, 1.54) is 18.2 Å². The number of rotatable bonds is 9. The van der Waals surface area contributed by atoms with E-state index in [2.05, 4.69) is 0 Å². The fourth-order valence-electron chi connectivity index (χ4n) is 3.03. The highest BCUT2D eigenvalue weighted by atomic mass is 35.5. The highest BCUT2D eigenvalue weighted by Gasteiger charge is 2.36. The van der Waals surface area contributed by atoms with Crippen molar-refractivity contribution in [3.05, 3.63) is 63.3 Å². The van der Waals surface area contributed by atoms with E-state index in [1.807, 2.05) is 0 Å². The lowest BCUT2D eigenvalue weighted by Crippen LogP contribution is -2.35. The highest BCUT2D eigenvalue weighted by Crippen LogP contribution is 2.39. The standard InChI is InChI=1S/C24H23ClFNO6S/c1-4-31-19-10-16(9-18(25)22(19)32-13-15-5-7-17(26)8-6-15)11-20-23(29)27(24(30)34-20)12-21(28)33-14(2)3/h5-11,14H,4,12-13H2,1-3H3/b20-11+. The summed E-state index contributed by atoms with van der Waals surface area (Å²) >= 11 is 7.15. The molecule has 10 heteroatoms. The van der Waals surface area contributed by atoms with Crippen molar-refractivity contribution in [3.63, 3.8) is 0 Å². The van der Waals surface area contributed by atoms with Crippen LogP contribution in [0.25, 0.3) is 6.08 Å². The van der Waals surface area contributed by atoms with Gasteiger partial charge in [-0.3, -0.25) is 19.3 Å². The van der Waals surface area contributed by atoms with E-state index in [-0.39, 0.29) is 28.5 Å². The van der Waals surface area contributed by atoms with Gasteiger partial charge in [-0.2, -0.15) is 0 Å². The zero-order valence-corrected chi connectivity index (χ0v) is 20.4. The fourth-order valence-corrected chi connectivity index (χ4v) is 4.14. The number of nitrogens with zero attached hydrogens (tertiary/aromatic N) is 1. The van der Waals surface area contributed by atoms with Gasteiger partial charge in [-0.15, -0.1) is 0 Å². The Kier molecular flexibility index (Phi) is 8.57. The van der Waals surface area contributed by atoms with Crippen LogP contribution in [0.5, 0.6) is 11.5 Å². The molecule has 180 valence electrons. The third-order valence-electron chi connectivity index (χ3n) is 4.45. The van der Waals surface area contributed by atoms with Crippen LogP contribution in [-0.4, -0.2) is 41.3 Å². The Bertz CT molecular complexity index is 1120. The van der Waals surface area contributed by atoms with Crippen LogP contribution >= 0.6 is 23.4 Å². The number of ether oxygens (including phenoxy) is 3. The molecule has 0 saturated carbocycles. The van der Waals surface area contributed by atoms with Crippen molar-refractivity contribution in [2.45, 2.75) is 33.5 Å². The molecule has 34 heavy (non-hydrogen) atoms. The zero-order valence-electron chi connectivity index (χ0n) is 18.8. The predicted octanol–water partition coefficient (Wildman–Crippen LogP) is 5.44. The summed E-state index contributed by atoms with van der Waals surface area (Å²) in [6, 6.07) is 9.09. The van der Waals surface area contributed by atoms with E-state index in [9.17, 15) is 18.8 Å². The van der Waals surface area contributed by atoms with E-state index < -0.39 is 23.7 Å². The van der Waals surface area contributed by atoms with Crippen LogP contribution in [0.15, 0.2) is 41.3 Å². The van der Waals surface area contributed by atoms with Crippen molar-refractivity contribution in [2.75, 3.05) is 13.2 Å². The largest absolute Gasteiger partial charge is 0.490 e. The van der Waals surface area contributed by atoms with Crippen LogP contribution in [-0.2, 0) is 20.9 Å². The molecule has 0 atom stereocenters. The first kappa shape index (κ1) is 25.6. The molecule has 1 fully saturated rings. The Morgan fingerprint density at radius 3 is 2.53 bits per heavy atom. The summed E-state index contributed by atoms with van der Waals surface area (Å²) in [7, 11) is 0. The van der Waals surface area contributed by atoms with Crippen molar-refractivity contribution in [3.8, 4) is 11.5 Å². The topological polar surface area (TPSA) is 82.1 Å². The van der Waals surface area contributed by atoms with E-state index in [1.54, 1.807) is 45.0 Å². The highest BCUT2D eigenvalue weighted by molar-refractivity contribution is 8.18. The second kappa shape index (κ2) is 11.4. The van der Waals surface area contributed by atoms with Gasteiger partial charge >= 0.3 is 5.97 Å². The number of thioether (sulfide) groups is 1. The van der Waals surface area contributed by atoms with Gasteiger partial charge in [0.1, 0.15) is 19.0 Å². The van der Waals surface area contributed by atoms with Crippen LogP contribution in [0, 0.1) is 5.82 Å². The second-order valence-corrected chi connectivity index (χ2v) is 8.89. The van der Waals surface area contributed by atoms with Gasteiger partial charge in [0.2, 0.25) is 0 Å². The van der Waals surface area contributed by atoms with Crippen molar-refractivity contribution in [1.29, 1.82) is 0 Å². The summed E-state index contributed by atoms with van der Waals surface area (Å²) in [6.07, 6.45) is 1.14. The minimum Gasteiger partial charge on any atom is -0.490 e. The van der Waals surface area contributed by atoms with Crippen molar-refractivity contribution in [1.82, 2.24) is 4.90 Å². The first-order valence-corrected chi connectivity index (χ1v) is 11.7. The summed E-state index contributed by atoms with van der Waals surface area (Å²) in [6.45, 7) is 5.18. The monoisotopic (exact) mass is 507 g/mol. The van der Waals surface area contributed by atoms with Crippen LogP contribution in [0.3, 0.4) is 0 Å². The molecule has 2 aromatic rings. The van der Waals surface area contributed by atoms with Gasteiger partial charge < -0.3 is 14.2 Å². The molecular weight excluding hydrogens is 485 g/mol. The molecule has 0 radical (unpaired) electrons. The number of hydrogen-bond acceptors (Lipinski definition) is 7. The lowest BCUT2D eigenvalue weighted by atomic mass is 10.1. The Hall–Kier alpha value is -3.04. The van der Waals surface area contributed by atoms with Crippen molar-refractivity contribution >= 4 is 46.6 Å². The smallest absolute Gasteiger partial charge is 0.326 e. The van der Waals surface area contributed by atoms with Gasteiger partial charge in [0.15, 0.2) is 11.5 Å². The molecule has 3 rings (SSSR count). The molecule has 1 saturated heterocycles. The molecule has 0 aliphatic carbocycles. The summed E-state index contributed by atoms with van der Waals surface area (Å²) in [5.74, 6) is -0.954. The van der Waals surface area contributed by atoms with Gasteiger partial charge in [-0.25, -0.2) is 4.39 Å². The number of hydrogen-bond donors (Lipinski definition) is 0. The van der Waals surface area contributed by atoms with Gasteiger partial charge in [0.25, 0.3) is 11.1 Å². The molecule has 0 aromatic heterocycles. The van der Waals surface area contributed by atoms with Gasteiger partial charge in [-0.05, 0) is 74.0 Å². The van der Waals surface area contributed by atoms with Crippen molar-refractivity contribution < 1.29 is 33.0 Å². The molecule has 0 unspecified atom stereocenters. The molecule has 1 aliphatic rings. The molecule has 1 heterocycles. The van der Waals surface area contributed by atoms with Crippen LogP contribution in [0.2, 0.25) is 5.02 Å². The minimum absolute atomic E-state index is 0.140. The fraction of sp³-hybridized carbons (Fsp3) is 0.292. The summed E-state index contributed by atoms with van der Waals surface area (Å²) in [5.41, 5.74) is 1.26. The lowest BCUT2D eigenvalue weighted by Gasteiger charge is -2.15. The molecule has 2 amide bonds. The SMILES string of the molecule is CCOc1cc(/C=C2/SC(=O)N(CC(=O)OC(C)C)C2=O)cc(Cl)c1OCc1ccc(F)cc1. The molecule has 0 spiro atoms. The molecule has 2 aromatic carbocycles. The Morgan fingerprint density at radius 2 is 1.88 bits per heavy atom. The maximum Gasteiger partial charge on any atom is 0.326 e. The van der Waals surface area contributed by atoms with Crippen molar-refractivity contribution in [2.24, 2.45) is 0 Å². The van der Waals surface area contributed by atoms with E-state index >= 15 is 0 Å². The minimum atomic E-state index is -0.664. The number of carbonyl (C=O) groups is 3. The average molecular weight is 508 g/mol. The van der Waals surface area contributed by atoms with Crippen LogP contribution < -0.4 is 9.47 Å². The number of esters is 1. The first-order chi connectivity index (χ1) is 16.2. The molecule has 7 nitrogen and oxygen atoms in total. The van der Waals surface area contributed by atoms with E-state index in [0.717, 1.165) is 22.2 Å². The lowest BCUT2D eigenvalue weighted by molar-refractivity contribution is -0.149. The normalized spacial score (nSPS) is 14.8. The molecule has 1 aliphatic heterocycles. The molecular formula is C24H23ClFNO6S. The second-order valence-electron chi connectivity index (χ2n) is 7.48. The van der Waals surface area contributed by atoms with Crippen LogP contribution in [0.1, 0.15) is 31.9 Å². The Morgan fingerprint density at radius 1 is 1.18 bits per heavy atom. The summed E-state index contributed by atoms with van der Waals surface area (Å²) < 4.78 is 29.6.